The van der Waals surface area contributed by atoms with Crippen molar-refractivity contribution < 1.29 is 9.53 Å². The van der Waals surface area contributed by atoms with Crippen LogP contribution in [-0.4, -0.2) is 12.4 Å². The van der Waals surface area contributed by atoms with Crippen LogP contribution in [0.25, 0.3) is 0 Å². The van der Waals surface area contributed by atoms with Crippen molar-refractivity contribution in [3.05, 3.63) is 64.7 Å². The molecule has 0 amide bonds. The highest BCUT2D eigenvalue weighted by Gasteiger charge is 2.26. The molecule has 1 aliphatic carbocycles. The fourth-order valence-electron chi connectivity index (χ4n) is 3.50. The Kier molecular flexibility index (Phi) is 3.03. The summed E-state index contributed by atoms with van der Waals surface area (Å²) in [5.74, 6) is 1.36. The zero-order valence-electron chi connectivity index (χ0n) is 12.0. The van der Waals surface area contributed by atoms with Crippen LogP contribution in [0.2, 0.25) is 0 Å². The number of benzene rings is 2. The van der Waals surface area contributed by atoms with Crippen molar-refractivity contribution in [2.75, 3.05) is 6.61 Å². The molecule has 0 bridgehead atoms. The monoisotopic (exact) mass is 278 g/mol. The molecule has 0 fully saturated rings. The van der Waals surface area contributed by atoms with Crippen LogP contribution in [0.15, 0.2) is 42.5 Å². The van der Waals surface area contributed by atoms with Gasteiger partial charge in [0.25, 0.3) is 0 Å². The van der Waals surface area contributed by atoms with Gasteiger partial charge in [-0.2, -0.15) is 0 Å². The smallest absolute Gasteiger partial charge is 0.166 e. The lowest BCUT2D eigenvalue weighted by molar-refractivity contribution is 0.0908. The molecule has 2 aliphatic rings. The van der Waals surface area contributed by atoms with Gasteiger partial charge >= 0.3 is 0 Å². The number of Topliss-reactive ketones (excluding diaryl/α,β-unsaturated/α-hetero) is 1. The Bertz CT molecular complexity index is 702. The van der Waals surface area contributed by atoms with Gasteiger partial charge in [0.15, 0.2) is 5.78 Å². The van der Waals surface area contributed by atoms with Gasteiger partial charge in [-0.25, -0.2) is 0 Å². The molecule has 0 N–H and O–H groups in total. The number of ether oxygens (including phenoxy) is 1. The number of aryl methyl sites for hydroxylation is 1. The number of fused-ring (bicyclic) bond motifs is 2. The quantitative estimate of drug-likeness (QED) is 0.784. The summed E-state index contributed by atoms with van der Waals surface area (Å²) in [6, 6.07) is 14.4. The summed E-state index contributed by atoms with van der Waals surface area (Å²) < 4.78 is 5.51. The fraction of sp³-hybridized carbons (Fsp3) is 0.316. The molecule has 0 radical (unpaired) electrons. The standard InChI is InChI=1S/C19H18O2/c20-19(17-7-8-18-15(12-17)9-10-21-18)16-6-5-13-3-1-2-4-14(13)11-16/h1-4,7-8,12,16H,5-6,9-11H2. The van der Waals surface area contributed by atoms with Crippen LogP contribution in [0.1, 0.15) is 33.5 Å². The van der Waals surface area contributed by atoms with Crippen LogP contribution in [0.5, 0.6) is 5.75 Å². The van der Waals surface area contributed by atoms with Gasteiger partial charge < -0.3 is 4.74 Å². The highest BCUT2D eigenvalue weighted by Crippen LogP contribution is 2.30. The molecular formula is C19H18O2. The molecule has 2 nitrogen and oxygen atoms in total. The Morgan fingerprint density at radius 2 is 1.86 bits per heavy atom. The lowest BCUT2D eigenvalue weighted by Gasteiger charge is -2.23. The number of hydrogen-bond acceptors (Lipinski definition) is 2. The summed E-state index contributed by atoms with van der Waals surface area (Å²) in [4.78, 5) is 12.8. The van der Waals surface area contributed by atoms with Crippen molar-refractivity contribution >= 4 is 5.78 Å². The van der Waals surface area contributed by atoms with Crippen LogP contribution >= 0.6 is 0 Å². The van der Waals surface area contributed by atoms with Crippen LogP contribution in [0.3, 0.4) is 0 Å². The minimum Gasteiger partial charge on any atom is -0.493 e. The molecule has 0 saturated carbocycles. The molecule has 106 valence electrons. The molecule has 4 rings (SSSR count). The van der Waals surface area contributed by atoms with Crippen molar-refractivity contribution in [2.24, 2.45) is 5.92 Å². The van der Waals surface area contributed by atoms with E-state index in [4.69, 9.17) is 4.74 Å². The molecule has 0 saturated heterocycles. The zero-order chi connectivity index (χ0) is 14.2. The lowest BCUT2D eigenvalue weighted by Crippen LogP contribution is -2.22. The van der Waals surface area contributed by atoms with E-state index in [1.807, 2.05) is 18.2 Å². The number of carbonyl (C=O) groups is 1. The first-order valence-corrected chi connectivity index (χ1v) is 7.68. The average molecular weight is 278 g/mol. The topological polar surface area (TPSA) is 26.3 Å². The zero-order valence-corrected chi connectivity index (χ0v) is 12.0. The van der Waals surface area contributed by atoms with Crippen molar-refractivity contribution in [3.63, 3.8) is 0 Å². The maximum absolute atomic E-state index is 12.8. The molecular weight excluding hydrogens is 260 g/mol. The second-order valence-electron chi connectivity index (χ2n) is 5.99. The Balaban J connectivity index is 1.59. The Labute approximate surface area is 124 Å². The molecule has 2 heteroatoms. The van der Waals surface area contributed by atoms with Crippen LogP contribution < -0.4 is 4.74 Å². The molecule has 1 aliphatic heterocycles. The first-order valence-electron chi connectivity index (χ1n) is 7.68. The van der Waals surface area contributed by atoms with E-state index in [0.29, 0.717) is 5.78 Å². The van der Waals surface area contributed by atoms with Gasteiger partial charge in [-0.05, 0) is 54.2 Å². The highest BCUT2D eigenvalue weighted by molar-refractivity contribution is 5.98. The Hall–Kier alpha value is -2.09. The minimum absolute atomic E-state index is 0.125. The van der Waals surface area contributed by atoms with Crippen LogP contribution in [-0.2, 0) is 19.3 Å². The lowest BCUT2D eigenvalue weighted by atomic mass is 9.80. The summed E-state index contributed by atoms with van der Waals surface area (Å²) in [6.07, 6.45) is 3.77. The third-order valence-corrected chi connectivity index (χ3v) is 4.69. The highest BCUT2D eigenvalue weighted by atomic mass is 16.5. The van der Waals surface area contributed by atoms with Crippen molar-refractivity contribution in [3.8, 4) is 5.75 Å². The first kappa shape index (κ1) is 12.6. The second kappa shape index (κ2) is 5.03. The van der Waals surface area contributed by atoms with E-state index < -0.39 is 0 Å². The molecule has 21 heavy (non-hydrogen) atoms. The predicted molar refractivity (Wildman–Crippen MR) is 81.9 cm³/mol. The number of ketones is 1. The van der Waals surface area contributed by atoms with Crippen molar-refractivity contribution in [1.29, 1.82) is 0 Å². The molecule has 2 aromatic rings. The van der Waals surface area contributed by atoms with E-state index in [1.165, 1.54) is 16.7 Å². The maximum Gasteiger partial charge on any atom is 0.166 e. The number of rotatable bonds is 2. The van der Waals surface area contributed by atoms with E-state index in [2.05, 4.69) is 24.3 Å². The maximum atomic E-state index is 12.8. The fourth-order valence-corrected chi connectivity index (χ4v) is 3.50. The summed E-state index contributed by atoms with van der Waals surface area (Å²) in [7, 11) is 0. The van der Waals surface area contributed by atoms with Crippen LogP contribution in [0, 0.1) is 5.92 Å². The van der Waals surface area contributed by atoms with E-state index in [0.717, 1.165) is 43.6 Å². The number of carbonyl (C=O) groups excluding carboxylic acids is 1. The van der Waals surface area contributed by atoms with Gasteiger partial charge in [-0.15, -0.1) is 0 Å². The van der Waals surface area contributed by atoms with Crippen LogP contribution in [0.4, 0.5) is 0 Å². The first-order chi connectivity index (χ1) is 10.3. The molecule has 0 spiro atoms. The summed E-state index contributed by atoms with van der Waals surface area (Å²) in [5, 5.41) is 0. The average Bonchev–Trinajstić information content (AvgIpc) is 3.01. The Morgan fingerprint density at radius 3 is 2.76 bits per heavy atom. The van der Waals surface area contributed by atoms with Gasteiger partial charge in [0.1, 0.15) is 5.75 Å². The Morgan fingerprint density at radius 1 is 1.00 bits per heavy atom. The van der Waals surface area contributed by atoms with Crippen molar-refractivity contribution in [1.82, 2.24) is 0 Å². The molecule has 1 atom stereocenters. The summed E-state index contributed by atoms with van der Waals surface area (Å²) >= 11 is 0. The van der Waals surface area contributed by atoms with Gasteiger partial charge in [-0.1, -0.05) is 24.3 Å². The van der Waals surface area contributed by atoms with E-state index >= 15 is 0 Å². The second-order valence-corrected chi connectivity index (χ2v) is 5.99. The molecule has 2 aromatic carbocycles. The van der Waals surface area contributed by atoms with Gasteiger partial charge in [0.05, 0.1) is 6.61 Å². The van der Waals surface area contributed by atoms with E-state index in [9.17, 15) is 4.79 Å². The molecule has 1 unspecified atom stereocenters. The summed E-state index contributed by atoms with van der Waals surface area (Å²) in [6.45, 7) is 0.740. The van der Waals surface area contributed by atoms with Gasteiger partial charge in [-0.3, -0.25) is 4.79 Å². The SMILES string of the molecule is O=C(c1ccc2c(c1)CCO2)C1CCc2ccccc2C1. The van der Waals surface area contributed by atoms with Gasteiger partial charge in [0, 0.05) is 17.9 Å². The summed E-state index contributed by atoms with van der Waals surface area (Å²) in [5.41, 5.74) is 4.77. The normalized spacial score (nSPS) is 19.5. The van der Waals surface area contributed by atoms with E-state index in [1.54, 1.807) is 0 Å². The predicted octanol–water partition coefficient (Wildman–Crippen LogP) is 3.61. The third-order valence-electron chi connectivity index (χ3n) is 4.69. The minimum atomic E-state index is 0.125. The molecule has 1 heterocycles. The van der Waals surface area contributed by atoms with Crippen molar-refractivity contribution in [2.45, 2.75) is 25.7 Å². The van der Waals surface area contributed by atoms with E-state index in [-0.39, 0.29) is 5.92 Å². The molecule has 0 aromatic heterocycles. The number of hydrogen-bond donors (Lipinski definition) is 0. The van der Waals surface area contributed by atoms with Gasteiger partial charge in [0.2, 0.25) is 0 Å². The largest absolute Gasteiger partial charge is 0.493 e. The third kappa shape index (κ3) is 2.25.